The smallest absolute Gasteiger partial charge is 0.313 e. The second-order valence-corrected chi connectivity index (χ2v) is 13.5. The summed E-state index contributed by atoms with van der Waals surface area (Å²) in [6, 6.07) is 12.7. The molecule has 0 unspecified atom stereocenters. The van der Waals surface area contributed by atoms with Gasteiger partial charge in [0.05, 0.1) is 36.6 Å². The van der Waals surface area contributed by atoms with Crippen LogP contribution in [0.1, 0.15) is 68.7 Å². The van der Waals surface area contributed by atoms with Crippen LogP contribution in [0.15, 0.2) is 73.8 Å². The van der Waals surface area contributed by atoms with Gasteiger partial charge in [-0.05, 0) is 69.2 Å². The van der Waals surface area contributed by atoms with E-state index >= 15 is 0 Å². The molecule has 3 fully saturated rings. The van der Waals surface area contributed by atoms with E-state index in [1.54, 1.807) is 24.0 Å². The second kappa shape index (κ2) is 15.1. The number of hydrogen-bond acceptors (Lipinski definition) is 7. The number of benzene rings is 2. The number of nitrogens with one attached hydrogen (secondary N) is 1. The van der Waals surface area contributed by atoms with E-state index in [0.717, 1.165) is 11.1 Å². The molecule has 3 aliphatic rings. The highest BCUT2D eigenvalue weighted by Gasteiger charge is 2.75. The molecular weight excluding hydrogens is 622 g/mol. The van der Waals surface area contributed by atoms with Crippen LogP contribution in [0.25, 0.3) is 0 Å². The minimum Gasteiger partial charge on any atom is -0.455 e. The number of allylic oxidation sites excluding steroid dienone is 1. The maximum atomic E-state index is 14.9. The summed E-state index contributed by atoms with van der Waals surface area (Å²) in [5, 5.41) is 13.4. The van der Waals surface area contributed by atoms with Gasteiger partial charge in [-0.1, -0.05) is 61.5 Å². The molecule has 0 radical (unpaired) electrons. The fourth-order valence-corrected chi connectivity index (χ4v) is 7.98. The highest BCUT2D eigenvalue weighted by molar-refractivity contribution is 6.05. The Kier molecular flexibility index (Phi) is 11.1. The molecule has 10 heteroatoms. The van der Waals surface area contributed by atoms with Crippen molar-refractivity contribution in [2.75, 3.05) is 18.1 Å². The van der Waals surface area contributed by atoms with E-state index in [0.29, 0.717) is 36.9 Å². The molecule has 1 spiro atoms. The van der Waals surface area contributed by atoms with Crippen LogP contribution in [-0.2, 0) is 28.7 Å². The molecule has 3 amide bonds. The Bertz CT molecular complexity index is 1570. The van der Waals surface area contributed by atoms with Crippen molar-refractivity contribution in [3.8, 4) is 0 Å². The predicted octanol–water partition coefficient (Wildman–Crippen LogP) is 4.72. The van der Waals surface area contributed by atoms with E-state index in [2.05, 4.69) is 18.5 Å². The molecule has 8 atom stereocenters. The number of amides is 3. The van der Waals surface area contributed by atoms with Gasteiger partial charge in [0.25, 0.3) is 5.91 Å². The Morgan fingerprint density at radius 2 is 1.90 bits per heavy atom. The summed E-state index contributed by atoms with van der Waals surface area (Å²) in [6.07, 6.45) is 3.88. The first-order valence-corrected chi connectivity index (χ1v) is 17.3. The number of rotatable bonds is 15. The number of esters is 1. The molecule has 2 N–H and O–H groups in total. The molecule has 0 aliphatic carbocycles. The molecular formula is C39H49N3O7. The minimum atomic E-state index is -1.28. The fraction of sp³-hybridized carbons (Fsp3) is 0.487. The van der Waals surface area contributed by atoms with Gasteiger partial charge in [0.15, 0.2) is 0 Å². The third kappa shape index (κ3) is 6.68. The van der Waals surface area contributed by atoms with Gasteiger partial charge in [0.1, 0.15) is 17.7 Å². The van der Waals surface area contributed by atoms with Gasteiger partial charge in [0.2, 0.25) is 11.8 Å². The van der Waals surface area contributed by atoms with Gasteiger partial charge in [-0.25, -0.2) is 0 Å². The molecule has 3 saturated heterocycles. The lowest BCUT2D eigenvalue weighted by Crippen LogP contribution is -2.59. The zero-order valence-corrected chi connectivity index (χ0v) is 29.0. The summed E-state index contributed by atoms with van der Waals surface area (Å²) in [6.45, 7) is 14.9. The number of carbonyl (C=O) groups excluding carboxylic acids is 4. The third-order valence-electron chi connectivity index (χ3n) is 10.3. The maximum Gasteiger partial charge on any atom is 0.313 e. The number of likely N-dealkylation sites (tertiary alicyclic amines) is 1. The van der Waals surface area contributed by atoms with E-state index in [4.69, 9.17) is 9.47 Å². The van der Waals surface area contributed by atoms with Gasteiger partial charge < -0.3 is 29.7 Å². The van der Waals surface area contributed by atoms with Crippen molar-refractivity contribution in [3.63, 3.8) is 0 Å². The molecule has 2 aromatic rings. The minimum absolute atomic E-state index is 0.197. The molecule has 3 aliphatic heterocycles. The highest BCUT2D eigenvalue weighted by atomic mass is 16.6. The van der Waals surface area contributed by atoms with E-state index in [9.17, 15) is 24.3 Å². The van der Waals surface area contributed by atoms with Gasteiger partial charge in [-0.3, -0.25) is 19.2 Å². The van der Waals surface area contributed by atoms with Gasteiger partial charge in [-0.15, -0.1) is 13.2 Å². The van der Waals surface area contributed by atoms with Crippen molar-refractivity contribution in [1.29, 1.82) is 0 Å². The Morgan fingerprint density at radius 3 is 2.55 bits per heavy atom. The molecule has 49 heavy (non-hydrogen) atoms. The number of aliphatic hydroxyl groups excluding tert-OH is 1. The van der Waals surface area contributed by atoms with Crippen LogP contribution in [0.5, 0.6) is 0 Å². The Labute approximate surface area is 289 Å². The van der Waals surface area contributed by atoms with Crippen LogP contribution in [-0.4, -0.2) is 76.7 Å². The number of ether oxygens (including phenoxy) is 2. The summed E-state index contributed by atoms with van der Waals surface area (Å²) in [5.74, 6) is -3.51. The van der Waals surface area contributed by atoms with E-state index in [-0.39, 0.29) is 31.4 Å². The van der Waals surface area contributed by atoms with E-state index in [1.165, 1.54) is 4.90 Å². The van der Waals surface area contributed by atoms with Crippen molar-refractivity contribution < 1.29 is 33.8 Å². The van der Waals surface area contributed by atoms with Crippen LogP contribution in [0.2, 0.25) is 0 Å². The first-order valence-electron chi connectivity index (χ1n) is 17.3. The number of carbonyl (C=O) groups is 4. The molecule has 262 valence electrons. The Morgan fingerprint density at radius 1 is 1.16 bits per heavy atom. The highest BCUT2D eigenvalue weighted by Crippen LogP contribution is 2.59. The molecule has 0 aromatic heterocycles. The molecule has 5 rings (SSSR count). The largest absolute Gasteiger partial charge is 0.455 e. The molecule has 10 nitrogen and oxygen atoms in total. The molecule has 0 saturated carbocycles. The average Bonchev–Trinajstić information content (AvgIpc) is 3.74. The number of hydrogen-bond donors (Lipinski definition) is 2. The number of aliphatic hydroxyl groups is 1. The zero-order valence-electron chi connectivity index (χ0n) is 29.0. The van der Waals surface area contributed by atoms with Crippen molar-refractivity contribution in [3.05, 3.63) is 90.5 Å². The Hall–Kier alpha value is -4.28. The van der Waals surface area contributed by atoms with Crippen LogP contribution < -0.4 is 10.2 Å². The van der Waals surface area contributed by atoms with Gasteiger partial charge >= 0.3 is 5.97 Å². The first-order chi connectivity index (χ1) is 23.5. The van der Waals surface area contributed by atoms with Crippen LogP contribution in [0.3, 0.4) is 0 Å². The zero-order chi connectivity index (χ0) is 35.5. The lowest BCUT2D eigenvalue weighted by atomic mass is 9.70. The predicted molar refractivity (Wildman–Crippen MR) is 186 cm³/mol. The number of nitrogens with zero attached hydrogens (tertiary/aromatic N) is 2. The summed E-state index contributed by atoms with van der Waals surface area (Å²) in [5.41, 5.74) is 1.97. The third-order valence-corrected chi connectivity index (χ3v) is 10.3. The van der Waals surface area contributed by atoms with Crippen LogP contribution in [0, 0.1) is 25.7 Å². The lowest BCUT2D eigenvalue weighted by Gasteiger charge is -2.39. The maximum absolute atomic E-state index is 14.9. The number of fused-ring (bicyclic) bond motifs is 1. The van der Waals surface area contributed by atoms with Crippen molar-refractivity contribution in [2.24, 2.45) is 11.8 Å². The normalized spacial score (nSPS) is 25.7. The van der Waals surface area contributed by atoms with E-state index < -0.39 is 59.6 Å². The number of anilines is 1. The first kappa shape index (κ1) is 36.0. The summed E-state index contributed by atoms with van der Waals surface area (Å²) < 4.78 is 12.9. The van der Waals surface area contributed by atoms with Crippen molar-refractivity contribution >= 4 is 29.4 Å². The van der Waals surface area contributed by atoms with Crippen LogP contribution in [0.4, 0.5) is 5.69 Å². The summed E-state index contributed by atoms with van der Waals surface area (Å²) in [4.78, 5) is 59.6. The molecule has 2 bridgehead atoms. The van der Waals surface area contributed by atoms with E-state index in [1.807, 2.05) is 69.3 Å². The van der Waals surface area contributed by atoms with Gasteiger partial charge in [-0.2, -0.15) is 0 Å². The summed E-state index contributed by atoms with van der Waals surface area (Å²) >= 11 is 0. The SMILES string of the molecule is C=CCCC(=O)N[C@@H](C)[C@H](OC(=O)[C@@H]1[C@H]2C(=O)N([C@@H](CC)CO)[C@H](C(=O)N(CC=C)c3cc(C)ccc3C)[C@]23CC[C@H]1O3)c1ccccc1. The van der Waals surface area contributed by atoms with Gasteiger partial charge in [0, 0.05) is 18.7 Å². The monoisotopic (exact) mass is 671 g/mol. The molecule has 3 heterocycles. The van der Waals surface area contributed by atoms with Crippen molar-refractivity contribution in [1.82, 2.24) is 10.2 Å². The topological polar surface area (TPSA) is 125 Å². The quantitative estimate of drug-likeness (QED) is 0.207. The second-order valence-electron chi connectivity index (χ2n) is 13.5. The van der Waals surface area contributed by atoms with Crippen LogP contribution >= 0.6 is 0 Å². The number of aryl methyl sites for hydroxylation is 2. The average molecular weight is 672 g/mol. The van der Waals surface area contributed by atoms with Crippen molar-refractivity contribution in [2.45, 2.75) is 95.7 Å². The lowest BCUT2D eigenvalue weighted by molar-refractivity contribution is -0.162. The Balaban J connectivity index is 1.51. The summed E-state index contributed by atoms with van der Waals surface area (Å²) in [7, 11) is 0. The molecule has 2 aromatic carbocycles. The fourth-order valence-electron chi connectivity index (χ4n) is 7.98. The standard InChI is InChI=1S/C39H49N3O7/c1-7-10-16-31(44)40-26(6)34(27-14-12-11-13-15-27)48-38(47)32-30-19-20-39(49-30)33(32)36(45)42(28(9-3)23-43)35(39)37(46)41(21-8-2)29-22-24(4)17-18-25(29)5/h7-8,11-15,17-18,22,26,28,30,32-35,43H,1-2,9-10,16,19-21,23H2,3-6H3,(H,40,44)/t26-,28-,30+,32-,33-,34-,35+,39-/m0/s1.